The van der Waals surface area contributed by atoms with Crippen LogP contribution in [0.1, 0.15) is 86.5 Å². The van der Waals surface area contributed by atoms with Gasteiger partial charge in [0, 0.05) is 30.9 Å². The minimum atomic E-state index is -0.324. The minimum absolute atomic E-state index is 0.158. The van der Waals surface area contributed by atoms with Crippen LogP contribution in [-0.2, 0) is 4.74 Å². The van der Waals surface area contributed by atoms with E-state index in [1.807, 2.05) is 0 Å². The lowest BCUT2D eigenvalue weighted by Crippen LogP contribution is -2.36. The summed E-state index contributed by atoms with van der Waals surface area (Å²) in [6.45, 7) is 13.5. The molecule has 0 aliphatic heterocycles. The number of nitrogens with zero attached hydrogens (tertiary/aromatic N) is 3. The van der Waals surface area contributed by atoms with Gasteiger partial charge in [-0.1, -0.05) is 32.6 Å². The van der Waals surface area contributed by atoms with E-state index in [2.05, 4.69) is 70.2 Å². The van der Waals surface area contributed by atoms with E-state index in [0.717, 1.165) is 43.7 Å². The third-order valence-electron chi connectivity index (χ3n) is 7.95. The monoisotopic (exact) mass is 489 g/mol. The van der Waals surface area contributed by atoms with Gasteiger partial charge in [-0.3, -0.25) is 9.78 Å². The second-order valence-electron chi connectivity index (χ2n) is 11.1. The molecule has 7 heteroatoms. The predicted octanol–water partition coefficient (Wildman–Crippen LogP) is 6.41. The highest BCUT2D eigenvalue weighted by molar-refractivity contribution is 6.03. The third kappa shape index (κ3) is 6.24. The fourth-order valence-corrected chi connectivity index (χ4v) is 5.44. The zero-order chi connectivity index (χ0) is 25.7. The molecule has 1 aromatic heterocycles. The molecule has 4 rings (SSSR count). The van der Waals surface area contributed by atoms with Crippen molar-refractivity contribution in [3.63, 3.8) is 0 Å². The van der Waals surface area contributed by atoms with Crippen LogP contribution in [0.5, 0.6) is 0 Å². The number of anilines is 1. The third-order valence-corrected chi connectivity index (χ3v) is 7.95. The molecule has 2 aromatic rings. The lowest BCUT2D eigenvalue weighted by molar-refractivity contribution is 0.101. The molecule has 0 bridgehead atoms. The summed E-state index contributed by atoms with van der Waals surface area (Å²) in [5.41, 5.74) is 4.90. The van der Waals surface area contributed by atoms with Crippen molar-refractivity contribution in [3.8, 4) is 0 Å². The number of amides is 1. The van der Waals surface area contributed by atoms with Crippen LogP contribution in [0, 0.1) is 12.0 Å². The number of carbonyl (C=O) groups excluding carboxylic acids is 1. The molecule has 2 N–H and O–H groups in total. The van der Waals surface area contributed by atoms with Crippen LogP contribution in [-0.4, -0.2) is 54.1 Å². The normalized spacial score (nSPS) is 21.6. The van der Waals surface area contributed by atoms with Gasteiger partial charge in [-0.05, 0) is 86.6 Å². The molecule has 1 amide bonds. The minimum Gasteiger partial charge on any atom is -0.383 e. The Labute approximate surface area is 215 Å². The van der Waals surface area contributed by atoms with Gasteiger partial charge in [0.05, 0.1) is 12.8 Å². The van der Waals surface area contributed by atoms with Crippen LogP contribution in [0.25, 0.3) is 10.4 Å². The fourth-order valence-electron chi connectivity index (χ4n) is 5.44. The number of imidazole rings is 1. The van der Waals surface area contributed by atoms with E-state index >= 15 is 0 Å². The van der Waals surface area contributed by atoms with Crippen molar-refractivity contribution >= 4 is 23.0 Å². The molecule has 2 aliphatic carbocycles. The molecule has 1 saturated carbocycles. The summed E-state index contributed by atoms with van der Waals surface area (Å²) in [5, 5.41) is 3.06. The summed E-state index contributed by atoms with van der Waals surface area (Å²) in [7, 11) is 3.97. The summed E-state index contributed by atoms with van der Waals surface area (Å²) in [4.78, 5) is 25.5. The molecule has 0 saturated heterocycles. The first-order valence-electron chi connectivity index (χ1n) is 13.1. The number of aromatic amines is 1. The maximum atomic E-state index is 12.9. The SMILES string of the molecule is [C-]#[N+]c1cnc(C(=O)Nc2ccc(C3CCC(N(C)CCOC)CC3)cc2C2=CCC(C)(C)CC2)[nH]1. The van der Waals surface area contributed by atoms with Crippen LogP contribution in [0.4, 0.5) is 11.5 Å². The maximum Gasteiger partial charge on any atom is 0.314 e. The van der Waals surface area contributed by atoms with Gasteiger partial charge in [-0.15, -0.1) is 0 Å². The number of carbonyl (C=O) groups is 1. The smallest absolute Gasteiger partial charge is 0.314 e. The Kier molecular flexibility index (Phi) is 8.28. The number of methoxy groups -OCH3 is 1. The van der Waals surface area contributed by atoms with E-state index in [1.165, 1.54) is 43.0 Å². The predicted molar refractivity (Wildman–Crippen MR) is 144 cm³/mol. The van der Waals surface area contributed by atoms with Crippen LogP contribution in [0.3, 0.4) is 0 Å². The number of H-pyrrole nitrogens is 1. The van der Waals surface area contributed by atoms with Gasteiger partial charge < -0.3 is 19.8 Å². The van der Waals surface area contributed by atoms with E-state index in [1.54, 1.807) is 7.11 Å². The molecular weight excluding hydrogens is 450 g/mol. The van der Waals surface area contributed by atoms with Gasteiger partial charge in [0.15, 0.2) is 0 Å². The number of rotatable bonds is 8. The molecule has 0 spiro atoms. The highest BCUT2D eigenvalue weighted by Crippen LogP contribution is 2.42. The lowest BCUT2D eigenvalue weighted by atomic mass is 9.76. The summed E-state index contributed by atoms with van der Waals surface area (Å²) in [6, 6.07) is 7.16. The average Bonchev–Trinajstić information content (AvgIpc) is 3.37. The Balaban J connectivity index is 1.54. The second-order valence-corrected chi connectivity index (χ2v) is 11.1. The van der Waals surface area contributed by atoms with Crippen LogP contribution < -0.4 is 5.32 Å². The van der Waals surface area contributed by atoms with E-state index in [4.69, 9.17) is 11.3 Å². The molecule has 0 radical (unpaired) electrons. The van der Waals surface area contributed by atoms with Crippen LogP contribution >= 0.6 is 0 Å². The van der Waals surface area contributed by atoms with E-state index in [9.17, 15) is 4.79 Å². The van der Waals surface area contributed by atoms with Crippen molar-refractivity contribution in [2.75, 3.05) is 32.6 Å². The Morgan fingerprint density at radius 3 is 2.72 bits per heavy atom. The number of nitrogens with one attached hydrogen (secondary N) is 2. The highest BCUT2D eigenvalue weighted by Gasteiger charge is 2.27. The summed E-state index contributed by atoms with van der Waals surface area (Å²) >= 11 is 0. The molecule has 1 heterocycles. The maximum absolute atomic E-state index is 12.9. The number of benzene rings is 1. The average molecular weight is 490 g/mol. The Morgan fingerprint density at radius 1 is 1.31 bits per heavy atom. The Bertz CT molecular complexity index is 1130. The first kappa shape index (κ1) is 26.1. The molecule has 1 aromatic carbocycles. The molecule has 7 nitrogen and oxygen atoms in total. The van der Waals surface area contributed by atoms with Gasteiger partial charge in [0.25, 0.3) is 5.82 Å². The number of aromatic nitrogens is 2. The van der Waals surface area contributed by atoms with Crippen molar-refractivity contribution in [3.05, 3.63) is 58.8 Å². The first-order chi connectivity index (χ1) is 17.3. The number of hydrogen-bond acceptors (Lipinski definition) is 4. The Morgan fingerprint density at radius 2 is 2.08 bits per heavy atom. The second kappa shape index (κ2) is 11.4. The number of hydrogen-bond donors (Lipinski definition) is 2. The standard InChI is InChI=1S/C29H39N5O2/c1-29(2)14-12-21(13-15-29)24-18-22(20-6-9-23(10-7-20)34(4)16-17-36-5)8-11-25(24)32-28(35)27-31-19-26(30-3)33-27/h8,11-12,18-20,23H,6-7,9-10,13-17H2,1-2,4-5H3,(H,31,33)(H,32,35). The van der Waals surface area contributed by atoms with E-state index in [-0.39, 0.29) is 17.5 Å². The van der Waals surface area contributed by atoms with Crippen LogP contribution in [0.15, 0.2) is 30.5 Å². The zero-order valence-electron chi connectivity index (χ0n) is 22.1. The molecule has 192 valence electrons. The summed E-state index contributed by atoms with van der Waals surface area (Å²) < 4.78 is 5.26. The van der Waals surface area contributed by atoms with Gasteiger partial charge >= 0.3 is 5.91 Å². The number of likely N-dealkylation sites (N-methyl/N-ethyl adjacent to an activating group) is 1. The van der Waals surface area contributed by atoms with Gasteiger partial charge in [-0.2, -0.15) is 0 Å². The van der Waals surface area contributed by atoms with E-state index in [0.29, 0.717) is 17.4 Å². The van der Waals surface area contributed by atoms with Crippen molar-refractivity contribution < 1.29 is 9.53 Å². The van der Waals surface area contributed by atoms with Crippen molar-refractivity contribution in [1.29, 1.82) is 0 Å². The van der Waals surface area contributed by atoms with Crippen LogP contribution in [0.2, 0.25) is 0 Å². The molecular formula is C29H39N5O2. The molecule has 2 aliphatic rings. The lowest BCUT2D eigenvalue weighted by Gasteiger charge is -2.35. The largest absolute Gasteiger partial charge is 0.383 e. The molecule has 0 atom stereocenters. The topological polar surface area (TPSA) is 74.6 Å². The highest BCUT2D eigenvalue weighted by atomic mass is 16.5. The van der Waals surface area contributed by atoms with E-state index < -0.39 is 0 Å². The molecule has 1 fully saturated rings. The molecule has 36 heavy (non-hydrogen) atoms. The van der Waals surface area contributed by atoms with Gasteiger partial charge in [0.1, 0.15) is 0 Å². The van der Waals surface area contributed by atoms with Crippen molar-refractivity contribution in [2.45, 2.75) is 70.8 Å². The number of ether oxygens (including phenoxy) is 1. The summed E-state index contributed by atoms with van der Waals surface area (Å²) in [5.74, 6) is 0.629. The molecule has 0 unspecified atom stereocenters. The van der Waals surface area contributed by atoms with Crippen molar-refractivity contribution in [2.24, 2.45) is 5.41 Å². The van der Waals surface area contributed by atoms with Crippen molar-refractivity contribution in [1.82, 2.24) is 14.9 Å². The summed E-state index contributed by atoms with van der Waals surface area (Å²) in [6.07, 6.45) is 11.6. The zero-order valence-corrected chi connectivity index (χ0v) is 22.1. The quantitative estimate of drug-likeness (QED) is 0.420. The fraction of sp³-hybridized carbons (Fsp3) is 0.552. The number of allylic oxidation sites excluding steroid dienone is 2. The Hall–Kier alpha value is -2.95. The van der Waals surface area contributed by atoms with Gasteiger partial charge in [-0.25, -0.2) is 4.98 Å². The first-order valence-corrected chi connectivity index (χ1v) is 13.1. The van der Waals surface area contributed by atoms with Gasteiger partial charge in [0.2, 0.25) is 5.82 Å².